The minimum Gasteiger partial charge on any atom is -0.399 e. The van der Waals surface area contributed by atoms with Crippen molar-refractivity contribution in [2.24, 2.45) is 5.14 Å². The second-order valence-electron chi connectivity index (χ2n) is 5.64. The van der Waals surface area contributed by atoms with Gasteiger partial charge in [-0.25, -0.2) is 18.5 Å². The van der Waals surface area contributed by atoms with E-state index < -0.39 is 16.1 Å². The Morgan fingerprint density at radius 1 is 0.963 bits per heavy atom. The lowest BCUT2D eigenvalue weighted by atomic mass is 10.1. The van der Waals surface area contributed by atoms with Crippen LogP contribution in [0, 0.1) is 0 Å². The summed E-state index contributed by atoms with van der Waals surface area (Å²) >= 11 is 0. The van der Waals surface area contributed by atoms with Crippen LogP contribution in [0.15, 0.2) is 83.9 Å². The first-order valence-corrected chi connectivity index (χ1v) is 9.67. The molecule has 1 unspecified atom stereocenters. The van der Waals surface area contributed by atoms with E-state index in [0.717, 1.165) is 11.4 Å². The molecule has 0 saturated heterocycles. The molecule has 0 bridgehead atoms. The normalized spacial score (nSPS) is 11.8. The molecule has 7 nitrogen and oxygen atoms in total. The van der Waals surface area contributed by atoms with E-state index in [9.17, 15) is 13.5 Å². The van der Waals surface area contributed by atoms with Crippen molar-refractivity contribution in [3.05, 3.63) is 84.6 Å². The molecule has 0 aliphatic heterocycles. The Labute approximate surface area is 158 Å². The fraction of sp³-hybridized carbons (Fsp3) is 0.105. The average molecular weight is 386 g/mol. The summed E-state index contributed by atoms with van der Waals surface area (Å²) in [7, 11) is -3.58. The number of aromatic nitrogens is 1. The Kier molecular flexibility index (Phi) is 7.30. The third kappa shape index (κ3) is 7.06. The number of anilines is 2. The molecule has 0 spiro atoms. The van der Waals surface area contributed by atoms with Crippen molar-refractivity contribution >= 4 is 21.5 Å². The fourth-order valence-electron chi connectivity index (χ4n) is 2.12. The van der Waals surface area contributed by atoms with Crippen molar-refractivity contribution in [2.45, 2.75) is 11.0 Å². The molecule has 142 valence electrons. The number of nitrogens with two attached hydrogens (primary N) is 2. The highest BCUT2D eigenvalue weighted by molar-refractivity contribution is 7.89. The molecule has 0 saturated carbocycles. The molecule has 3 aromatic rings. The zero-order valence-electron chi connectivity index (χ0n) is 14.6. The first-order valence-electron chi connectivity index (χ1n) is 8.12. The van der Waals surface area contributed by atoms with Gasteiger partial charge in [0.25, 0.3) is 0 Å². The van der Waals surface area contributed by atoms with Crippen LogP contribution < -0.4 is 16.2 Å². The van der Waals surface area contributed by atoms with Gasteiger partial charge in [-0.15, -0.1) is 0 Å². The average Bonchev–Trinajstić information content (AvgIpc) is 2.68. The van der Waals surface area contributed by atoms with Crippen LogP contribution in [0.2, 0.25) is 0 Å². The van der Waals surface area contributed by atoms with Crippen molar-refractivity contribution in [2.75, 3.05) is 17.6 Å². The minimum atomic E-state index is -3.58. The van der Waals surface area contributed by atoms with Crippen LogP contribution >= 0.6 is 0 Å². The molecule has 0 aliphatic rings. The Bertz CT molecular complexity index is 918. The highest BCUT2D eigenvalue weighted by Gasteiger charge is 2.06. The van der Waals surface area contributed by atoms with Gasteiger partial charge in [-0.05, 0) is 42.0 Å². The number of benzene rings is 2. The second kappa shape index (κ2) is 9.67. The topological polar surface area (TPSA) is 131 Å². The largest absolute Gasteiger partial charge is 0.399 e. The summed E-state index contributed by atoms with van der Waals surface area (Å²) in [6.07, 6.45) is 1.21. The van der Waals surface area contributed by atoms with E-state index in [2.05, 4.69) is 10.3 Å². The van der Waals surface area contributed by atoms with E-state index in [1.165, 1.54) is 24.3 Å². The van der Waals surface area contributed by atoms with Crippen LogP contribution in [0.3, 0.4) is 0 Å². The van der Waals surface area contributed by atoms with Crippen LogP contribution in [-0.4, -0.2) is 25.1 Å². The van der Waals surface area contributed by atoms with Crippen molar-refractivity contribution in [1.82, 2.24) is 4.98 Å². The molecule has 6 N–H and O–H groups in total. The van der Waals surface area contributed by atoms with Gasteiger partial charge in [0.05, 0.1) is 11.0 Å². The SMILES string of the molecule is Nc1ccc(S(N)(=O)=O)cc1.OC(CNc1ccccn1)c1ccccc1. The van der Waals surface area contributed by atoms with Crippen molar-refractivity contribution in [3.63, 3.8) is 0 Å². The van der Waals surface area contributed by atoms with Gasteiger partial charge < -0.3 is 16.2 Å². The molecule has 1 atom stereocenters. The van der Waals surface area contributed by atoms with Crippen molar-refractivity contribution in [1.29, 1.82) is 0 Å². The number of aliphatic hydroxyl groups is 1. The second-order valence-corrected chi connectivity index (χ2v) is 7.20. The molecule has 1 heterocycles. The van der Waals surface area contributed by atoms with E-state index in [-0.39, 0.29) is 4.90 Å². The van der Waals surface area contributed by atoms with Gasteiger partial charge in [-0.3, -0.25) is 0 Å². The summed E-state index contributed by atoms with van der Waals surface area (Å²) in [5.74, 6) is 0.775. The number of nitrogens with zero attached hydrogens (tertiary/aromatic N) is 1. The number of nitrogens with one attached hydrogen (secondary N) is 1. The number of primary sulfonamides is 1. The number of hydrogen-bond donors (Lipinski definition) is 4. The monoisotopic (exact) mass is 386 g/mol. The predicted octanol–water partition coefficient (Wildman–Crippen LogP) is 2.14. The maximum Gasteiger partial charge on any atom is 0.238 e. The number of pyridine rings is 1. The summed E-state index contributed by atoms with van der Waals surface area (Å²) < 4.78 is 21.4. The molecule has 8 heteroatoms. The number of hydrogen-bond acceptors (Lipinski definition) is 6. The van der Waals surface area contributed by atoms with Crippen LogP contribution in [0.25, 0.3) is 0 Å². The molecule has 3 rings (SSSR count). The summed E-state index contributed by atoms with van der Waals surface area (Å²) in [5.41, 5.74) is 6.75. The molecule has 27 heavy (non-hydrogen) atoms. The number of nitrogen functional groups attached to an aromatic ring is 1. The molecule has 2 aromatic carbocycles. The molecule has 0 amide bonds. The van der Waals surface area contributed by atoms with E-state index in [0.29, 0.717) is 12.2 Å². The molecule has 0 fully saturated rings. The lowest BCUT2D eigenvalue weighted by molar-refractivity contribution is 0.191. The lowest BCUT2D eigenvalue weighted by Crippen LogP contribution is -2.12. The fourth-order valence-corrected chi connectivity index (χ4v) is 2.63. The summed E-state index contributed by atoms with van der Waals surface area (Å²) in [4.78, 5) is 4.20. The molecule has 0 radical (unpaired) electrons. The van der Waals surface area contributed by atoms with Gasteiger partial charge in [0.15, 0.2) is 0 Å². The van der Waals surface area contributed by atoms with Crippen LogP contribution in [0.5, 0.6) is 0 Å². The Morgan fingerprint density at radius 2 is 1.59 bits per heavy atom. The van der Waals surface area contributed by atoms with Gasteiger partial charge in [0, 0.05) is 18.4 Å². The Balaban J connectivity index is 0.000000208. The van der Waals surface area contributed by atoms with Crippen LogP contribution in [0.1, 0.15) is 11.7 Å². The van der Waals surface area contributed by atoms with Gasteiger partial charge in [-0.2, -0.15) is 0 Å². The van der Waals surface area contributed by atoms with Gasteiger partial charge in [0.1, 0.15) is 5.82 Å². The van der Waals surface area contributed by atoms with Crippen LogP contribution in [-0.2, 0) is 10.0 Å². The highest BCUT2D eigenvalue weighted by atomic mass is 32.2. The van der Waals surface area contributed by atoms with E-state index in [1.54, 1.807) is 6.20 Å². The maximum atomic E-state index is 10.7. The molecule has 1 aromatic heterocycles. The Morgan fingerprint density at radius 3 is 2.15 bits per heavy atom. The molecule has 0 aliphatic carbocycles. The van der Waals surface area contributed by atoms with E-state index >= 15 is 0 Å². The van der Waals surface area contributed by atoms with Gasteiger partial charge in [0.2, 0.25) is 10.0 Å². The quantitative estimate of drug-likeness (QED) is 0.497. The van der Waals surface area contributed by atoms with Gasteiger partial charge in [-0.1, -0.05) is 36.4 Å². The van der Waals surface area contributed by atoms with E-state index in [4.69, 9.17) is 10.9 Å². The highest BCUT2D eigenvalue weighted by Crippen LogP contribution is 2.12. The lowest BCUT2D eigenvalue weighted by Gasteiger charge is -2.12. The summed E-state index contributed by atoms with van der Waals surface area (Å²) in [5, 5.41) is 17.8. The first-order chi connectivity index (χ1) is 12.9. The zero-order valence-corrected chi connectivity index (χ0v) is 15.4. The minimum absolute atomic E-state index is 0.0756. The summed E-state index contributed by atoms with van der Waals surface area (Å²) in [6.45, 7) is 0.459. The first kappa shape index (κ1) is 20.4. The van der Waals surface area contributed by atoms with Crippen LogP contribution in [0.4, 0.5) is 11.5 Å². The smallest absolute Gasteiger partial charge is 0.238 e. The van der Waals surface area contributed by atoms with Crippen molar-refractivity contribution in [3.8, 4) is 0 Å². The standard InChI is InChI=1S/C13H14N2O.C6H8N2O2S/c16-12(11-6-2-1-3-7-11)10-15-13-8-4-5-9-14-13;7-5-1-3-6(4-2-5)11(8,9)10/h1-9,12,16H,10H2,(H,14,15);1-4H,7H2,(H2,8,9,10). The van der Waals surface area contributed by atoms with Gasteiger partial charge >= 0.3 is 0 Å². The predicted molar refractivity (Wildman–Crippen MR) is 106 cm³/mol. The Hall–Kier alpha value is -2.94. The summed E-state index contributed by atoms with van der Waals surface area (Å²) in [6, 6.07) is 20.9. The van der Waals surface area contributed by atoms with Crippen molar-refractivity contribution < 1.29 is 13.5 Å². The molecular formula is C19H22N4O3S. The third-order valence-electron chi connectivity index (χ3n) is 3.53. The van der Waals surface area contributed by atoms with E-state index in [1.807, 2.05) is 48.5 Å². The number of aliphatic hydroxyl groups excluding tert-OH is 1. The number of rotatable bonds is 5. The number of sulfonamides is 1. The molecular weight excluding hydrogens is 364 g/mol. The zero-order chi connectivity index (χ0) is 19.7. The maximum absolute atomic E-state index is 10.7. The third-order valence-corrected chi connectivity index (χ3v) is 4.46.